The van der Waals surface area contributed by atoms with Gasteiger partial charge in [-0.25, -0.2) is 11.0 Å². The molecule has 0 unspecified atom stereocenters. The Hall–Kier alpha value is -1.66. The molecule has 0 rings (SSSR count). The van der Waals surface area contributed by atoms with Crippen LogP contribution >= 0.6 is 0 Å². The van der Waals surface area contributed by atoms with Crippen molar-refractivity contribution in [3.05, 3.63) is 24.3 Å². The van der Waals surface area contributed by atoms with Crippen LogP contribution in [0.2, 0.25) is 0 Å². The molecule has 0 aliphatic heterocycles. The number of hydroxylamine groups is 2. The highest BCUT2D eigenvalue weighted by Gasteiger charge is 1.99. The van der Waals surface area contributed by atoms with Crippen molar-refractivity contribution < 1.29 is 20.0 Å². The highest BCUT2D eigenvalue weighted by Crippen LogP contribution is 2.11. The van der Waals surface area contributed by atoms with E-state index in [0.29, 0.717) is 12.8 Å². The van der Waals surface area contributed by atoms with E-state index in [1.165, 1.54) is 141 Å². The average Bonchev–Trinajstić information content (AvgIpc) is 3.01. The summed E-state index contributed by atoms with van der Waals surface area (Å²) in [6.45, 7) is 4.52. The highest BCUT2D eigenvalue weighted by atomic mass is 16.5. The third-order valence-electron chi connectivity index (χ3n) is 7.58. The average molecular weight is 595 g/mol. The van der Waals surface area contributed by atoms with E-state index in [0.717, 1.165) is 25.7 Å². The van der Waals surface area contributed by atoms with Crippen molar-refractivity contribution in [1.29, 1.82) is 0 Å². The van der Waals surface area contributed by atoms with Crippen LogP contribution in [0.25, 0.3) is 0 Å². The second-order valence-electron chi connectivity index (χ2n) is 11.7. The normalized spacial score (nSPS) is 11.1. The summed E-state index contributed by atoms with van der Waals surface area (Å²) in [5, 5.41) is 16.7. The number of allylic oxidation sites excluding steroid dienone is 4. The minimum Gasteiger partial charge on any atom is -0.289 e. The van der Waals surface area contributed by atoms with E-state index in [2.05, 4.69) is 38.2 Å². The summed E-state index contributed by atoms with van der Waals surface area (Å²) in [6.07, 6.45) is 42.8. The predicted octanol–water partition coefficient (Wildman–Crippen LogP) is 11.1. The zero-order valence-corrected chi connectivity index (χ0v) is 27.8. The zero-order chi connectivity index (χ0) is 31.2. The number of hydrogen-bond donors (Lipinski definition) is 4. The van der Waals surface area contributed by atoms with Gasteiger partial charge in [0, 0.05) is 12.8 Å². The molecule has 6 nitrogen and oxygen atoms in total. The Bertz CT molecular complexity index is 555. The highest BCUT2D eigenvalue weighted by molar-refractivity contribution is 5.74. The van der Waals surface area contributed by atoms with Crippen molar-refractivity contribution in [2.24, 2.45) is 0 Å². The van der Waals surface area contributed by atoms with Crippen molar-refractivity contribution >= 4 is 11.8 Å². The van der Waals surface area contributed by atoms with Crippen molar-refractivity contribution in [2.45, 2.75) is 194 Å². The molecule has 42 heavy (non-hydrogen) atoms. The van der Waals surface area contributed by atoms with Crippen LogP contribution in [0.1, 0.15) is 194 Å². The summed E-state index contributed by atoms with van der Waals surface area (Å²) in [4.78, 5) is 21.6. The molecular formula is C36H70N2O4. The topological polar surface area (TPSA) is 98.7 Å². The van der Waals surface area contributed by atoms with E-state index in [-0.39, 0.29) is 11.8 Å². The quantitative estimate of drug-likeness (QED) is 0.0288. The molecule has 0 aliphatic rings. The number of carbonyl (C=O) groups excluding carboxylic acids is 2. The molecule has 0 aromatic heterocycles. The molecule has 0 aromatic carbocycles. The maximum absolute atomic E-state index is 10.8. The molecule has 0 saturated heterocycles. The Labute approximate surface area is 260 Å². The first-order chi connectivity index (χ1) is 20.6. The number of rotatable bonds is 30. The van der Waals surface area contributed by atoms with Gasteiger partial charge in [-0.1, -0.05) is 141 Å². The standard InChI is InChI=1S/2C18H35NO2/c2*1-2-3-4-5-6-7-8-9-10-11-12-13-14-15-16-17-18(20)19-21/h2*9-10,21H,2-8,11-17H2,1H3,(H,19,20). The molecule has 4 N–H and O–H groups in total. The van der Waals surface area contributed by atoms with Gasteiger partial charge in [0.2, 0.25) is 11.8 Å². The van der Waals surface area contributed by atoms with Crippen LogP contribution in [-0.4, -0.2) is 22.2 Å². The number of carbonyl (C=O) groups is 2. The molecule has 0 aliphatic carbocycles. The maximum Gasteiger partial charge on any atom is 0.243 e. The summed E-state index contributed by atoms with van der Waals surface area (Å²) in [6, 6.07) is 0. The molecule has 0 saturated carbocycles. The second-order valence-corrected chi connectivity index (χ2v) is 11.7. The monoisotopic (exact) mass is 595 g/mol. The van der Waals surface area contributed by atoms with Crippen molar-refractivity contribution in [3.63, 3.8) is 0 Å². The molecule has 248 valence electrons. The molecule has 0 atom stereocenters. The first-order valence-electron chi connectivity index (χ1n) is 17.8. The van der Waals surface area contributed by atoms with Gasteiger partial charge in [0.15, 0.2) is 0 Å². The van der Waals surface area contributed by atoms with Crippen molar-refractivity contribution in [3.8, 4) is 0 Å². The van der Waals surface area contributed by atoms with E-state index >= 15 is 0 Å². The van der Waals surface area contributed by atoms with E-state index in [1.54, 1.807) is 11.0 Å². The summed E-state index contributed by atoms with van der Waals surface area (Å²) in [5.74, 6) is -0.541. The van der Waals surface area contributed by atoms with Crippen molar-refractivity contribution in [1.82, 2.24) is 11.0 Å². The predicted molar refractivity (Wildman–Crippen MR) is 179 cm³/mol. The Morgan fingerprint density at radius 3 is 0.905 bits per heavy atom. The minimum atomic E-state index is -0.271. The van der Waals surface area contributed by atoms with E-state index in [4.69, 9.17) is 10.4 Å². The molecule has 0 radical (unpaired) electrons. The lowest BCUT2D eigenvalue weighted by Crippen LogP contribution is -2.17. The molecule has 6 heteroatoms. The fourth-order valence-corrected chi connectivity index (χ4v) is 4.82. The molecule has 2 amide bonds. The summed E-state index contributed by atoms with van der Waals surface area (Å²) < 4.78 is 0. The number of nitrogens with one attached hydrogen (secondary N) is 2. The van der Waals surface area contributed by atoms with Crippen LogP contribution in [-0.2, 0) is 9.59 Å². The van der Waals surface area contributed by atoms with Gasteiger partial charge in [0.25, 0.3) is 0 Å². The minimum absolute atomic E-state index is 0.271. The van der Waals surface area contributed by atoms with E-state index < -0.39 is 0 Å². The van der Waals surface area contributed by atoms with Gasteiger partial charge < -0.3 is 0 Å². The lowest BCUT2D eigenvalue weighted by Gasteiger charge is -2.00. The molecular weight excluding hydrogens is 524 g/mol. The Kier molecular flexibility index (Phi) is 39.8. The van der Waals surface area contributed by atoms with Gasteiger partial charge in [0.1, 0.15) is 0 Å². The van der Waals surface area contributed by atoms with E-state index in [1.807, 2.05) is 0 Å². The first-order valence-corrected chi connectivity index (χ1v) is 17.8. The summed E-state index contributed by atoms with van der Waals surface area (Å²) in [5.41, 5.74) is 3.33. The van der Waals surface area contributed by atoms with Crippen LogP contribution in [0, 0.1) is 0 Å². The van der Waals surface area contributed by atoms with E-state index in [9.17, 15) is 9.59 Å². The number of amides is 2. The van der Waals surface area contributed by atoms with Gasteiger partial charge in [-0.05, 0) is 64.2 Å². The Morgan fingerprint density at radius 2 is 0.643 bits per heavy atom. The fourth-order valence-electron chi connectivity index (χ4n) is 4.82. The largest absolute Gasteiger partial charge is 0.289 e. The van der Waals surface area contributed by atoms with Crippen LogP contribution in [0.15, 0.2) is 24.3 Å². The number of unbranched alkanes of at least 4 members (excludes halogenated alkanes) is 22. The van der Waals surface area contributed by atoms with Gasteiger partial charge in [-0.2, -0.15) is 0 Å². The van der Waals surface area contributed by atoms with Gasteiger partial charge in [-0.3, -0.25) is 20.0 Å². The first kappa shape index (κ1) is 42.5. The van der Waals surface area contributed by atoms with Gasteiger partial charge >= 0.3 is 0 Å². The lowest BCUT2D eigenvalue weighted by atomic mass is 10.1. The molecule has 0 heterocycles. The van der Waals surface area contributed by atoms with Gasteiger partial charge in [0.05, 0.1) is 0 Å². The fraction of sp³-hybridized carbons (Fsp3) is 0.833. The Morgan fingerprint density at radius 1 is 0.405 bits per heavy atom. The Balaban J connectivity index is 0. The van der Waals surface area contributed by atoms with Crippen LogP contribution in [0.4, 0.5) is 0 Å². The smallest absolute Gasteiger partial charge is 0.243 e. The summed E-state index contributed by atoms with van der Waals surface area (Å²) in [7, 11) is 0. The lowest BCUT2D eigenvalue weighted by molar-refractivity contribution is -0.130. The van der Waals surface area contributed by atoms with Crippen molar-refractivity contribution in [2.75, 3.05) is 0 Å². The maximum atomic E-state index is 10.8. The summed E-state index contributed by atoms with van der Waals surface area (Å²) >= 11 is 0. The molecule has 0 fully saturated rings. The van der Waals surface area contributed by atoms with Gasteiger partial charge in [-0.15, -0.1) is 0 Å². The third kappa shape index (κ3) is 40.5. The van der Waals surface area contributed by atoms with Crippen LogP contribution in [0.5, 0.6) is 0 Å². The zero-order valence-electron chi connectivity index (χ0n) is 27.8. The second kappa shape index (κ2) is 39.3. The van der Waals surface area contributed by atoms with Crippen LogP contribution in [0.3, 0.4) is 0 Å². The van der Waals surface area contributed by atoms with Crippen LogP contribution < -0.4 is 11.0 Å². The molecule has 0 bridgehead atoms. The molecule has 0 spiro atoms. The molecule has 0 aromatic rings. The SMILES string of the molecule is CCCCCCCCC=CCCCCCCCC(=O)NO.CCCCCCCCC=CCCCCCCCC(=O)NO. The number of hydrogen-bond acceptors (Lipinski definition) is 4. The third-order valence-corrected chi connectivity index (χ3v) is 7.58.